The summed E-state index contributed by atoms with van der Waals surface area (Å²) in [5, 5.41) is 3.37. The average Bonchev–Trinajstić information content (AvgIpc) is 3.36. The van der Waals surface area contributed by atoms with Gasteiger partial charge in [0.2, 0.25) is 0 Å². The molecule has 2 fully saturated rings. The predicted molar refractivity (Wildman–Crippen MR) is 88.1 cm³/mol. The van der Waals surface area contributed by atoms with Crippen LogP contribution in [0.5, 0.6) is 0 Å². The molecule has 2 aromatic rings. The molecule has 2 aliphatic carbocycles. The number of rotatable bonds is 5. The summed E-state index contributed by atoms with van der Waals surface area (Å²) in [5.74, 6) is 2.91. The number of nitrogens with zero attached hydrogens (tertiary/aromatic N) is 4. The third-order valence-corrected chi connectivity index (χ3v) is 4.58. The van der Waals surface area contributed by atoms with Gasteiger partial charge in [-0.2, -0.15) is 0 Å². The molecule has 2 heterocycles. The third kappa shape index (κ3) is 3.32. The Kier molecular flexibility index (Phi) is 3.69. The van der Waals surface area contributed by atoms with Crippen LogP contribution >= 0.6 is 0 Å². The Morgan fingerprint density at radius 2 is 1.96 bits per heavy atom. The van der Waals surface area contributed by atoms with Crippen molar-refractivity contribution in [2.45, 2.75) is 57.0 Å². The lowest BCUT2D eigenvalue weighted by molar-refractivity contribution is 0.344. The second-order valence-corrected chi connectivity index (χ2v) is 6.74. The van der Waals surface area contributed by atoms with E-state index in [9.17, 15) is 0 Å². The monoisotopic (exact) mass is 310 g/mol. The lowest BCUT2D eigenvalue weighted by atomic mass is 9.78. The summed E-state index contributed by atoms with van der Waals surface area (Å²) in [7, 11) is 0. The molecule has 0 spiro atoms. The van der Waals surface area contributed by atoms with Crippen LogP contribution in [0.2, 0.25) is 0 Å². The van der Waals surface area contributed by atoms with Crippen LogP contribution in [0.1, 0.15) is 60.4 Å². The molecule has 2 aliphatic rings. The predicted octanol–water partition coefficient (Wildman–Crippen LogP) is 2.27. The highest BCUT2D eigenvalue weighted by atomic mass is 15.0. The van der Waals surface area contributed by atoms with Crippen molar-refractivity contribution in [3.8, 4) is 0 Å². The molecule has 0 amide bonds. The maximum Gasteiger partial charge on any atom is 0.134 e. The molecule has 0 unspecified atom stereocenters. The molecular formula is C17H22N6. The molecule has 0 atom stereocenters. The van der Waals surface area contributed by atoms with Gasteiger partial charge in [-0.25, -0.2) is 9.97 Å². The van der Waals surface area contributed by atoms with Crippen LogP contribution in [0, 0.1) is 6.92 Å². The van der Waals surface area contributed by atoms with Crippen molar-refractivity contribution < 1.29 is 0 Å². The average molecular weight is 310 g/mol. The largest absolute Gasteiger partial charge is 0.364 e. The fourth-order valence-corrected chi connectivity index (χ4v) is 2.90. The van der Waals surface area contributed by atoms with E-state index in [0.29, 0.717) is 24.4 Å². The number of hydrogen-bond donors (Lipinski definition) is 2. The zero-order valence-electron chi connectivity index (χ0n) is 13.4. The number of anilines is 1. The van der Waals surface area contributed by atoms with Gasteiger partial charge in [-0.1, -0.05) is 0 Å². The molecule has 2 saturated carbocycles. The molecule has 2 aromatic heterocycles. The fraction of sp³-hybridized carbons (Fsp3) is 0.529. The Balaban J connectivity index is 1.51. The van der Waals surface area contributed by atoms with E-state index in [1.54, 1.807) is 12.4 Å². The highest BCUT2D eigenvalue weighted by Gasteiger charge is 2.32. The minimum atomic E-state index is 0.332. The second-order valence-electron chi connectivity index (χ2n) is 6.74. The van der Waals surface area contributed by atoms with Gasteiger partial charge in [-0.05, 0) is 32.6 Å². The number of aryl methyl sites for hydroxylation is 1. The van der Waals surface area contributed by atoms with Gasteiger partial charge in [0.15, 0.2) is 0 Å². The minimum Gasteiger partial charge on any atom is -0.364 e. The lowest BCUT2D eigenvalue weighted by Gasteiger charge is -2.32. The maximum atomic E-state index is 5.93. The number of nitrogens with one attached hydrogen (secondary N) is 1. The van der Waals surface area contributed by atoms with Gasteiger partial charge in [-0.15, -0.1) is 0 Å². The Morgan fingerprint density at radius 3 is 2.61 bits per heavy atom. The zero-order valence-corrected chi connectivity index (χ0v) is 13.4. The molecule has 0 radical (unpaired) electrons. The van der Waals surface area contributed by atoms with Crippen molar-refractivity contribution in [2.24, 2.45) is 5.73 Å². The van der Waals surface area contributed by atoms with E-state index in [1.807, 2.05) is 6.92 Å². The van der Waals surface area contributed by atoms with E-state index < -0.39 is 0 Å². The molecule has 120 valence electrons. The van der Waals surface area contributed by atoms with E-state index >= 15 is 0 Å². The van der Waals surface area contributed by atoms with E-state index in [1.165, 1.54) is 12.8 Å². The summed E-state index contributed by atoms with van der Waals surface area (Å²) in [5.41, 5.74) is 8.90. The summed E-state index contributed by atoms with van der Waals surface area (Å²) >= 11 is 0. The maximum absolute atomic E-state index is 5.93. The van der Waals surface area contributed by atoms with Crippen molar-refractivity contribution in [3.63, 3.8) is 0 Å². The highest BCUT2D eigenvalue weighted by molar-refractivity contribution is 5.39. The first kappa shape index (κ1) is 14.5. The van der Waals surface area contributed by atoms with Gasteiger partial charge in [0, 0.05) is 35.8 Å². The van der Waals surface area contributed by atoms with Crippen molar-refractivity contribution in [3.05, 3.63) is 41.4 Å². The standard InChI is InChI=1S/C17H22N6/c1-10-7-20-14(8-19-10)9-21-16-6-15(12-4-13(18)5-12)22-17(23-16)11-2-3-11/h6-8,11-13H,2-5,9,18H2,1H3,(H,21,22,23). The van der Waals surface area contributed by atoms with E-state index in [2.05, 4.69) is 26.3 Å². The third-order valence-electron chi connectivity index (χ3n) is 4.58. The molecule has 0 aliphatic heterocycles. The first-order valence-electron chi connectivity index (χ1n) is 8.33. The minimum absolute atomic E-state index is 0.332. The van der Waals surface area contributed by atoms with Crippen molar-refractivity contribution >= 4 is 5.82 Å². The molecule has 0 bridgehead atoms. The Labute approximate surface area is 136 Å². The number of hydrogen-bond acceptors (Lipinski definition) is 6. The molecule has 6 heteroatoms. The molecule has 0 saturated heterocycles. The van der Waals surface area contributed by atoms with Crippen LogP contribution in [-0.2, 0) is 6.54 Å². The van der Waals surface area contributed by atoms with Crippen LogP contribution < -0.4 is 11.1 Å². The zero-order chi connectivity index (χ0) is 15.8. The van der Waals surface area contributed by atoms with Gasteiger partial charge in [0.25, 0.3) is 0 Å². The van der Waals surface area contributed by atoms with E-state index in [-0.39, 0.29) is 0 Å². The fourth-order valence-electron chi connectivity index (χ4n) is 2.90. The van der Waals surface area contributed by atoms with Gasteiger partial charge >= 0.3 is 0 Å². The Bertz CT molecular complexity index is 689. The van der Waals surface area contributed by atoms with Crippen LogP contribution in [0.4, 0.5) is 5.82 Å². The first-order chi connectivity index (χ1) is 11.2. The van der Waals surface area contributed by atoms with E-state index in [0.717, 1.165) is 41.6 Å². The Hall–Kier alpha value is -2.08. The first-order valence-corrected chi connectivity index (χ1v) is 8.33. The van der Waals surface area contributed by atoms with Gasteiger partial charge < -0.3 is 11.1 Å². The second kappa shape index (κ2) is 5.85. The van der Waals surface area contributed by atoms with E-state index in [4.69, 9.17) is 10.7 Å². The highest BCUT2D eigenvalue weighted by Crippen LogP contribution is 2.41. The summed E-state index contributed by atoms with van der Waals surface area (Å²) in [4.78, 5) is 18.1. The molecule has 23 heavy (non-hydrogen) atoms. The van der Waals surface area contributed by atoms with Crippen molar-refractivity contribution in [1.82, 2.24) is 19.9 Å². The van der Waals surface area contributed by atoms with Crippen LogP contribution in [-0.4, -0.2) is 26.0 Å². The molecule has 4 rings (SSSR count). The molecule has 6 nitrogen and oxygen atoms in total. The van der Waals surface area contributed by atoms with Gasteiger partial charge in [0.05, 0.1) is 24.1 Å². The van der Waals surface area contributed by atoms with Gasteiger partial charge in [-0.3, -0.25) is 9.97 Å². The topological polar surface area (TPSA) is 89.6 Å². The van der Waals surface area contributed by atoms with Gasteiger partial charge in [0.1, 0.15) is 11.6 Å². The van der Waals surface area contributed by atoms with Crippen LogP contribution in [0.15, 0.2) is 18.5 Å². The Morgan fingerprint density at radius 1 is 1.13 bits per heavy atom. The summed E-state index contributed by atoms with van der Waals surface area (Å²) < 4.78 is 0. The normalized spacial score (nSPS) is 23.4. The smallest absolute Gasteiger partial charge is 0.134 e. The summed E-state index contributed by atoms with van der Waals surface area (Å²) in [6, 6.07) is 2.41. The quantitative estimate of drug-likeness (QED) is 0.880. The summed E-state index contributed by atoms with van der Waals surface area (Å²) in [6.07, 6.45) is 8.06. The molecular weight excluding hydrogens is 288 g/mol. The molecule has 0 aromatic carbocycles. The number of aromatic nitrogens is 4. The summed E-state index contributed by atoms with van der Waals surface area (Å²) in [6.45, 7) is 2.56. The van der Waals surface area contributed by atoms with Crippen LogP contribution in [0.25, 0.3) is 0 Å². The molecule has 3 N–H and O–H groups in total. The lowest BCUT2D eigenvalue weighted by Crippen LogP contribution is -2.35. The van der Waals surface area contributed by atoms with Crippen LogP contribution in [0.3, 0.4) is 0 Å². The van der Waals surface area contributed by atoms with Crippen molar-refractivity contribution in [2.75, 3.05) is 5.32 Å². The SMILES string of the molecule is Cc1cnc(CNc2cc(C3CC(N)C3)nc(C3CC3)n2)cn1. The van der Waals surface area contributed by atoms with Crippen molar-refractivity contribution in [1.29, 1.82) is 0 Å². The number of nitrogens with two attached hydrogens (primary N) is 1.